The molecule has 2 aromatic rings. The van der Waals surface area contributed by atoms with Crippen LogP contribution in [-0.2, 0) is 0 Å². The van der Waals surface area contributed by atoms with Crippen molar-refractivity contribution >= 4 is 23.3 Å². The van der Waals surface area contributed by atoms with Gasteiger partial charge in [-0.05, 0) is 36.6 Å². The molecule has 2 N–H and O–H groups in total. The van der Waals surface area contributed by atoms with E-state index in [1.54, 1.807) is 31.2 Å². The first-order valence-corrected chi connectivity index (χ1v) is 7.45. The van der Waals surface area contributed by atoms with Crippen molar-refractivity contribution in [3.8, 4) is 0 Å². The number of hydrogen-bond acceptors (Lipinski definition) is 4. The highest BCUT2D eigenvalue weighted by Gasteiger charge is 2.21. The summed E-state index contributed by atoms with van der Waals surface area (Å²) in [6, 6.07) is 6.23. The van der Waals surface area contributed by atoms with Gasteiger partial charge >= 0.3 is 6.03 Å². The molecule has 0 bridgehead atoms. The number of amides is 2. The Balaban J connectivity index is 2.03. The molecule has 0 saturated carbocycles. The number of anilines is 1. The van der Waals surface area contributed by atoms with Crippen molar-refractivity contribution in [2.24, 2.45) is 5.92 Å². The highest BCUT2D eigenvalue weighted by Crippen LogP contribution is 2.20. The first-order chi connectivity index (χ1) is 10.4. The molecule has 1 atom stereocenters. The lowest BCUT2D eigenvalue weighted by atomic mass is 10.0. The van der Waals surface area contributed by atoms with Crippen molar-refractivity contribution in [3.05, 3.63) is 41.1 Å². The van der Waals surface area contributed by atoms with Crippen molar-refractivity contribution in [2.75, 3.05) is 5.32 Å². The van der Waals surface area contributed by atoms with Gasteiger partial charge in [0.1, 0.15) is 6.04 Å². The van der Waals surface area contributed by atoms with Gasteiger partial charge in [0.15, 0.2) is 0 Å². The maximum Gasteiger partial charge on any atom is 0.319 e. The number of urea groups is 1. The Morgan fingerprint density at radius 3 is 2.50 bits per heavy atom. The lowest BCUT2D eigenvalue weighted by Gasteiger charge is -2.17. The fraction of sp³-hybridized carbons (Fsp3) is 0.400. The van der Waals surface area contributed by atoms with E-state index in [1.807, 2.05) is 0 Å². The Labute approximate surface area is 134 Å². The summed E-state index contributed by atoms with van der Waals surface area (Å²) >= 11 is 5.82. The van der Waals surface area contributed by atoms with E-state index in [1.165, 1.54) is 0 Å². The van der Waals surface area contributed by atoms with Crippen LogP contribution in [0.4, 0.5) is 10.5 Å². The summed E-state index contributed by atoms with van der Waals surface area (Å²) < 4.78 is 5.43. The second-order valence-corrected chi connectivity index (χ2v) is 5.88. The molecule has 22 heavy (non-hydrogen) atoms. The molecule has 7 heteroatoms. The summed E-state index contributed by atoms with van der Waals surface area (Å²) in [5, 5.41) is 14.0. The van der Waals surface area contributed by atoms with Gasteiger partial charge in [-0.15, -0.1) is 10.2 Å². The van der Waals surface area contributed by atoms with E-state index >= 15 is 0 Å². The topological polar surface area (TPSA) is 80.0 Å². The van der Waals surface area contributed by atoms with Crippen LogP contribution < -0.4 is 10.6 Å². The fourth-order valence-corrected chi connectivity index (χ4v) is 2.13. The molecular weight excluding hydrogens is 304 g/mol. The van der Waals surface area contributed by atoms with Crippen molar-refractivity contribution < 1.29 is 9.21 Å². The summed E-state index contributed by atoms with van der Waals surface area (Å²) in [4.78, 5) is 12.1. The molecular formula is C15H19ClN4O2. The smallest absolute Gasteiger partial charge is 0.319 e. The third kappa shape index (κ3) is 4.73. The number of carbonyl (C=O) groups is 1. The molecule has 0 spiro atoms. The number of rotatable bonds is 5. The molecule has 0 aliphatic heterocycles. The third-order valence-corrected chi connectivity index (χ3v) is 3.21. The predicted octanol–water partition coefficient (Wildman–Crippen LogP) is 3.94. The van der Waals surface area contributed by atoms with Crippen LogP contribution in [0.15, 0.2) is 28.7 Å². The van der Waals surface area contributed by atoms with E-state index in [2.05, 4.69) is 34.7 Å². The summed E-state index contributed by atoms with van der Waals surface area (Å²) in [6.45, 7) is 5.85. The van der Waals surface area contributed by atoms with Gasteiger partial charge in [0.05, 0.1) is 0 Å². The number of nitrogens with one attached hydrogen (secondary N) is 2. The van der Waals surface area contributed by atoms with Crippen LogP contribution in [0.25, 0.3) is 0 Å². The molecule has 1 aromatic carbocycles. The van der Waals surface area contributed by atoms with Crippen molar-refractivity contribution in [1.82, 2.24) is 15.5 Å². The Hall–Kier alpha value is -2.08. The summed E-state index contributed by atoms with van der Waals surface area (Å²) in [7, 11) is 0. The molecule has 1 aromatic heterocycles. The quantitative estimate of drug-likeness (QED) is 0.873. The average Bonchev–Trinajstić information content (AvgIpc) is 2.87. The zero-order chi connectivity index (χ0) is 16.1. The van der Waals surface area contributed by atoms with Crippen molar-refractivity contribution in [3.63, 3.8) is 0 Å². The van der Waals surface area contributed by atoms with E-state index in [-0.39, 0.29) is 12.1 Å². The zero-order valence-corrected chi connectivity index (χ0v) is 13.5. The van der Waals surface area contributed by atoms with Crippen molar-refractivity contribution in [1.29, 1.82) is 0 Å². The number of aromatic nitrogens is 2. The van der Waals surface area contributed by atoms with Crippen LogP contribution in [0.2, 0.25) is 5.02 Å². The molecule has 6 nitrogen and oxygen atoms in total. The molecule has 0 fully saturated rings. The van der Waals surface area contributed by atoms with Gasteiger partial charge in [0, 0.05) is 17.6 Å². The number of halogens is 1. The molecule has 0 aliphatic carbocycles. The standard InChI is InChI=1S/C15H19ClN4O2/c1-9(2)8-13(14-20-19-10(3)22-14)18-15(21)17-12-6-4-11(16)5-7-12/h4-7,9,13H,8H2,1-3H3,(H2,17,18,21). The predicted molar refractivity (Wildman–Crippen MR) is 84.8 cm³/mol. The number of carbonyl (C=O) groups excluding carboxylic acids is 1. The second kappa shape index (κ2) is 7.26. The number of hydrogen-bond donors (Lipinski definition) is 2. The van der Waals surface area contributed by atoms with Crippen LogP contribution in [0.5, 0.6) is 0 Å². The second-order valence-electron chi connectivity index (χ2n) is 5.45. The van der Waals surface area contributed by atoms with Gasteiger partial charge in [0.25, 0.3) is 0 Å². The molecule has 0 radical (unpaired) electrons. The number of nitrogens with zero attached hydrogens (tertiary/aromatic N) is 2. The Kier molecular flexibility index (Phi) is 5.38. The molecule has 1 unspecified atom stereocenters. The first kappa shape index (κ1) is 16.3. The highest BCUT2D eigenvalue weighted by molar-refractivity contribution is 6.30. The molecule has 0 saturated heterocycles. The van der Waals surface area contributed by atoms with Crippen LogP contribution in [0.1, 0.15) is 38.1 Å². The largest absolute Gasteiger partial charge is 0.423 e. The van der Waals surface area contributed by atoms with Gasteiger partial charge in [-0.25, -0.2) is 4.79 Å². The number of aryl methyl sites for hydroxylation is 1. The van der Waals surface area contributed by atoms with E-state index in [4.69, 9.17) is 16.0 Å². The highest BCUT2D eigenvalue weighted by atomic mass is 35.5. The lowest BCUT2D eigenvalue weighted by Crippen LogP contribution is -2.33. The Morgan fingerprint density at radius 1 is 1.27 bits per heavy atom. The molecule has 0 aliphatic rings. The normalized spacial score (nSPS) is 12.2. The average molecular weight is 323 g/mol. The van der Waals surface area contributed by atoms with Crippen LogP contribution in [0.3, 0.4) is 0 Å². The van der Waals surface area contributed by atoms with E-state index in [9.17, 15) is 4.79 Å². The molecule has 2 amide bonds. The van der Waals surface area contributed by atoms with Crippen LogP contribution >= 0.6 is 11.6 Å². The summed E-state index contributed by atoms with van der Waals surface area (Å²) in [5.41, 5.74) is 0.659. The van der Waals surface area contributed by atoms with Gasteiger partial charge in [-0.3, -0.25) is 0 Å². The monoisotopic (exact) mass is 322 g/mol. The summed E-state index contributed by atoms with van der Waals surface area (Å²) in [6.07, 6.45) is 0.704. The minimum absolute atomic E-state index is 0.325. The summed E-state index contributed by atoms with van der Waals surface area (Å²) in [5.74, 6) is 1.26. The zero-order valence-electron chi connectivity index (χ0n) is 12.8. The third-order valence-electron chi connectivity index (χ3n) is 2.95. The van der Waals surface area contributed by atoms with Gasteiger partial charge in [-0.2, -0.15) is 0 Å². The Bertz CT molecular complexity index is 625. The molecule has 118 valence electrons. The van der Waals surface area contributed by atoms with Gasteiger partial charge in [-0.1, -0.05) is 25.4 Å². The fourth-order valence-electron chi connectivity index (χ4n) is 2.00. The van der Waals surface area contributed by atoms with E-state index in [0.717, 1.165) is 0 Å². The Morgan fingerprint density at radius 2 is 1.95 bits per heavy atom. The van der Waals surface area contributed by atoms with Gasteiger partial charge in [0.2, 0.25) is 11.8 Å². The van der Waals surface area contributed by atoms with Crippen LogP contribution in [-0.4, -0.2) is 16.2 Å². The maximum absolute atomic E-state index is 12.1. The first-order valence-electron chi connectivity index (χ1n) is 7.07. The minimum atomic E-state index is -0.330. The SMILES string of the molecule is Cc1nnc(C(CC(C)C)NC(=O)Nc2ccc(Cl)cc2)o1. The van der Waals surface area contributed by atoms with Crippen molar-refractivity contribution in [2.45, 2.75) is 33.2 Å². The minimum Gasteiger partial charge on any atom is -0.423 e. The lowest BCUT2D eigenvalue weighted by molar-refractivity contribution is 0.242. The molecule has 1 heterocycles. The van der Waals surface area contributed by atoms with E-state index < -0.39 is 0 Å². The molecule has 2 rings (SSSR count). The maximum atomic E-state index is 12.1. The van der Waals surface area contributed by atoms with Crippen LogP contribution in [0, 0.1) is 12.8 Å². The number of benzene rings is 1. The van der Waals surface area contributed by atoms with Gasteiger partial charge < -0.3 is 15.1 Å². The van der Waals surface area contributed by atoms with E-state index in [0.29, 0.717) is 34.8 Å².